The molecule has 0 bridgehead atoms. The molecule has 2 aromatic carbocycles. The van der Waals surface area contributed by atoms with Crippen molar-refractivity contribution in [2.45, 2.75) is 32.2 Å². The number of anilines is 3. The minimum Gasteiger partial charge on any atom is -0.496 e. The summed E-state index contributed by atoms with van der Waals surface area (Å²) in [5.74, 6) is 0.353. The minimum atomic E-state index is -0.200. The standard InChI is InChI=1S/C20H25N3O2/c1-14-7-5-6-12-23(14)18-11-10-15(21)13-17(18)22-20(24)16-8-3-4-9-19(16)25-2/h3-4,8-11,13-14H,5-7,12,21H2,1-2H3,(H,22,24)/t14-/m1/s1. The molecule has 1 saturated heterocycles. The highest BCUT2D eigenvalue weighted by Gasteiger charge is 2.22. The van der Waals surface area contributed by atoms with Gasteiger partial charge in [-0.15, -0.1) is 0 Å². The average molecular weight is 339 g/mol. The Labute approximate surface area is 148 Å². The maximum atomic E-state index is 12.8. The van der Waals surface area contributed by atoms with Crippen LogP contribution in [-0.4, -0.2) is 25.6 Å². The van der Waals surface area contributed by atoms with Gasteiger partial charge in [0.15, 0.2) is 0 Å². The van der Waals surface area contributed by atoms with E-state index in [4.69, 9.17) is 10.5 Å². The number of hydrogen-bond donors (Lipinski definition) is 2. The van der Waals surface area contributed by atoms with Crippen molar-refractivity contribution >= 4 is 23.0 Å². The summed E-state index contributed by atoms with van der Waals surface area (Å²) < 4.78 is 5.30. The number of ether oxygens (including phenoxy) is 1. The second-order valence-electron chi connectivity index (χ2n) is 6.47. The number of methoxy groups -OCH3 is 1. The van der Waals surface area contributed by atoms with Crippen LogP contribution in [0.1, 0.15) is 36.5 Å². The quantitative estimate of drug-likeness (QED) is 0.829. The van der Waals surface area contributed by atoms with E-state index in [1.54, 1.807) is 19.2 Å². The molecule has 0 unspecified atom stereocenters. The zero-order chi connectivity index (χ0) is 17.8. The maximum Gasteiger partial charge on any atom is 0.259 e. The number of benzene rings is 2. The Kier molecular flexibility index (Phi) is 5.12. The lowest BCUT2D eigenvalue weighted by Crippen LogP contribution is -2.38. The monoisotopic (exact) mass is 339 g/mol. The van der Waals surface area contributed by atoms with Gasteiger partial charge in [0, 0.05) is 18.3 Å². The Hall–Kier alpha value is -2.69. The molecule has 0 spiro atoms. The lowest BCUT2D eigenvalue weighted by atomic mass is 10.0. The number of carbonyl (C=O) groups excluding carboxylic acids is 1. The molecule has 3 rings (SSSR count). The molecule has 2 aromatic rings. The largest absolute Gasteiger partial charge is 0.496 e. The number of para-hydroxylation sites is 1. The summed E-state index contributed by atoms with van der Waals surface area (Å²) in [6.45, 7) is 3.21. The van der Waals surface area contributed by atoms with Crippen molar-refractivity contribution in [1.29, 1.82) is 0 Å². The van der Waals surface area contributed by atoms with Crippen LogP contribution < -0.4 is 20.7 Å². The number of nitrogens with two attached hydrogens (primary N) is 1. The predicted molar refractivity (Wildman–Crippen MR) is 102 cm³/mol. The molecule has 0 aromatic heterocycles. The maximum absolute atomic E-state index is 12.8. The Morgan fingerprint density at radius 2 is 2.04 bits per heavy atom. The molecule has 3 N–H and O–H groups in total. The highest BCUT2D eigenvalue weighted by molar-refractivity contribution is 6.08. The van der Waals surface area contributed by atoms with Crippen molar-refractivity contribution in [3.63, 3.8) is 0 Å². The summed E-state index contributed by atoms with van der Waals surface area (Å²) >= 11 is 0. The van der Waals surface area contributed by atoms with Gasteiger partial charge in [0.1, 0.15) is 5.75 Å². The van der Waals surface area contributed by atoms with Gasteiger partial charge in [0.2, 0.25) is 0 Å². The van der Waals surface area contributed by atoms with Gasteiger partial charge >= 0.3 is 0 Å². The van der Waals surface area contributed by atoms with Crippen LogP contribution in [0.2, 0.25) is 0 Å². The molecule has 132 valence electrons. The van der Waals surface area contributed by atoms with Gasteiger partial charge in [-0.05, 0) is 56.5 Å². The van der Waals surface area contributed by atoms with E-state index in [0.717, 1.165) is 30.8 Å². The molecule has 1 atom stereocenters. The molecule has 5 heteroatoms. The summed E-state index contributed by atoms with van der Waals surface area (Å²) in [6.07, 6.45) is 3.56. The highest BCUT2D eigenvalue weighted by Crippen LogP contribution is 2.33. The summed E-state index contributed by atoms with van der Waals surface area (Å²) in [5.41, 5.74) is 8.86. The van der Waals surface area contributed by atoms with Crippen molar-refractivity contribution in [3.05, 3.63) is 48.0 Å². The highest BCUT2D eigenvalue weighted by atomic mass is 16.5. The zero-order valence-corrected chi connectivity index (χ0v) is 14.8. The SMILES string of the molecule is COc1ccccc1C(=O)Nc1cc(N)ccc1N1CCCC[C@H]1C. The fourth-order valence-electron chi connectivity index (χ4n) is 3.38. The molecule has 1 heterocycles. The van der Waals surface area contributed by atoms with E-state index in [9.17, 15) is 4.79 Å². The van der Waals surface area contributed by atoms with Gasteiger partial charge in [-0.3, -0.25) is 4.79 Å². The molecule has 1 aliphatic heterocycles. The number of nitrogens with one attached hydrogen (secondary N) is 1. The van der Waals surface area contributed by atoms with E-state index in [2.05, 4.69) is 17.1 Å². The number of hydrogen-bond acceptors (Lipinski definition) is 4. The van der Waals surface area contributed by atoms with Crippen molar-refractivity contribution in [3.8, 4) is 5.75 Å². The number of amides is 1. The molecule has 0 saturated carbocycles. The summed E-state index contributed by atoms with van der Waals surface area (Å²) in [4.78, 5) is 15.1. The second-order valence-corrected chi connectivity index (χ2v) is 6.47. The first-order valence-corrected chi connectivity index (χ1v) is 8.70. The van der Waals surface area contributed by atoms with Crippen LogP contribution in [0, 0.1) is 0 Å². The molecule has 1 fully saturated rings. The van der Waals surface area contributed by atoms with Crippen LogP contribution in [0.25, 0.3) is 0 Å². The Morgan fingerprint density at radius 3 is 2.80 bits per heavy atom. The van der Waals surface area contributed by atoms with Gasteiger partial charge in [0.05, 0.1) is 24.0 Å². The van der Waals surface area contributed by atoms with Gasteiger partial charge in [-0.25, -0.2) is 0 Å². The van der Waals surface area contributed by atoms with Crippen molar-refractivity contribution in [2.75, 3.05) is 29.6 Å². The fourth-order valence-corrected chi connectivity index (χ4v) is 3.38. The van der Waals surface area contributed by atoms with Crippen LogP contribution in [-0.2, 0) is 0 Å². The van der Waals surface area contributed by atoms with E-state index >= 15 is 0 Å². The third-order valence-corrected chi connectivity index (χ3v) is 4.73. The molecule has 0 radical (unpaired) electrons. The van der Waals surface area contributed by atoms with Gasteiger partial charge in [0.25, 0.3) is 5.91 Å². The zero-order valence-electron chi connectivity index (χ0n) is 14.8. The normalized spacial score (nSPS) is 17.2. The first-order valence-electron chi connectivity index (χ1n) is 8.70. The van der Waals surface area contributed by atoms with Crippen LogP contribution in [0.5, 0.6) is 5.75 Å². The molecular formula is C20H25N3O2. The van der Waals surface area contributed by atoms with Crippen LogP contribution >= 0.6 is 0 Å². The lowest BCUT2D eigenvalue weighted by molar-refractivity contribution is 0.102. The lowest BCUT2D eigenvalue weighted by Gasteiger charge is -2.36. The predicted octanol–water partition coefficient (Wildman–Crippen LogP) is 3.91. The number of piperidine rings is 1. The van der Waals surface area contributed by atoms with E-state index in [1.165, 1.54) is 6.42 Å². The summed E-state index contributed by atoms with van der Waals surface area (Å²) in [7, 11) is 1.56. The van der Waals surface area contributed by atoms with Gasteiger partial charge in [-0.1, -0.05) is 12.1 Å². The van der Waals surface area contributed by atoms with E-state index in [1.807, 2.05) is 30.3 Å². The van der Waals surface area contributed by atoms with Gasteiger partial charge in [-0.2, -0.15) is 0 Å². The van der Waals surface area contributed by atoms with Crippen molar-refractivity contribution in [1.82, 2.24) is 0 Å². The fraction of sp³-hybridized carbons (Fsp3) is 0.350. The first kappa shape index (κ1) is 17.1. The van der Waals surface area contributed by atoms with E-state index < -0.39 is 0 Å². The minimum absolute atomic E-state index is 0.200. The number of rotatable bonds is 4. The Bertz CT molecular complexity index is 760. The summed E-state index contributed by atoms with van der Waals surface area (Å²) in [5, 5.41) is 3.02. The molecular weight excluding hydrogens is 314 g/mol. The van der Waals surface area contributed by atoms with Crippen molar-refractivity contribution < 1.29 is 9.53 Å². The van der Waals surface area contributed by atoms with Crippen LogP contribution in [0.4, 0.5) is 17.1 Å². The number of carbonyl (C=O) groups is 1. The van der Waals surface area contributed by atoms with E-state index in [0.29, 0.717) is 23.0 Å². The van der Waals surface area contributed by atoms with Crippen molar-refractivity contribution in [2.24, 2.45) is 0 Å². The number of nitrogens with zero attached hydrogens (tertiary/aromatic N) is 1. The van der Waals surface area contributed by atoms with Gasteiger partial charge < -0.3 is 20.7 Å². The molecule has 1 amide bonds. The first-order chi connectivity index (χ1) is 12.1. The van der Waals surface area contributed by atoms with Crippen LogP contribution in [0.3, 0.4) is 0 Å². The second kappa shape index (κ2) is 7.47. The third kappa shape index (κ3) is 3.71. The van der Waals surface area contributed by atoms with E-state index in [-0.39, 0.29) is 5.91 Å². The smallest absolute Gasteiger partial charge is 0.259 e. The molecule has 5 nitrogen and oxygen atoms in total. The topological polar surface area (TPSA) is 67.6 Å². The molecule has 25 heavy (non-hydrogen) atoms. The third-order valence-electron chi connectivity index (χ3n) is 4.73. The molecule has 1 aliphatic rings. The van der Waals surface area contributed by atoms with Crippen LogP contribution in [0.15, 0.2) is 42.5 Å². The number of nitrogen functional groups attached to an aromatic ring is 1. The Morgan fingerprint density at radius 1 is 1.24 bits per heavy atom. The Balaban J connectivity index is 1.91. The molecule has 0 aliphatic carbocycles. The summed E-state index contributed by atoms with van der Waals surface area (Å²) in [6, 6.07) is 13.3. The average Bonchev–Trinajstić information content (AvgIpc) is 2.62.